The van der Waals surface area contributed by atoms with E-state index in [9.17, 15) is 0 Å². The molecule has 2 aromatic rings. The second-order valence-corrected chi connectivity index (χ2v) is 7.04. The molecule has 80 valence electrons. The lowest BCUT2D eigenvalue weighted by molar-refractivity contribution is 1.27. The van der Waals surface area contributed by atoms with Gasteiger partial charge in [-0.1, -0.05) is 27.5 Å². The highest BCUT2D eigenvalue weighted by Gasteiger charge is 2.15. The maximum absolute atomic E-state index is 6.07. The molecule has 0 nitrogen and oxygen atoms in total. The molecule has 0 radical (unpaired) electrons. The monoisotopic (exact) mass is 320 g/mol. The third-order valence-electron chi connectivity index (χ3n) is 2.13. The summed E-state index contributed by atoms with van der Waals surface area (Å²) in [4.78, 5) is 2.90. The van der Waals surface area contributed by atoms with E-state index in [0.717, 1.165) is 9.90 Å². The predicted molar refractivity (Wildman–Crippen MR) is 73.9 cm³/mol. The van der Waals surface area contributed by atoms with Gasteiger partial charge in [0.1, 0.15) is 0 Å². The first-order chi connectivity index (χ1) is 7.08. The van der Waals surface area contributed by atoms with Crippen LogP contribution in [0.2, 0.25) is 4.34 Å². The number of hydrogen-bond donors (Lipinski definition) is 0. The van der Waals surface area contributed by atoms with Gasteiger partial charge in [0.05, 0.1) is 9.16 Å². The average molecular weight is 322 g/mol. The molecule has 4 heteroatoms. The summed E-state index contributed by atoms with van der Waals surface area (Å²) in [6.45, 7) is 4.16. The van der Waals surface area contributed by atoms with Gasteiger partial charge < -0.3 is 0 Å². The van der Waals surface area contributed by atoms with Crippen molar-refractivity contribution >= 4 is 50.2 Å². The van der Waals surface area contributed by atoms with Crippen molar-refractivity contribution in [2.45, 2.75) is 18.7 Å². The molecule has 2 heterocycles. The molecule has 2 aromatic heterocycles. The summed E-state index contributed by atoms with van der Waals surface area (Å²) in [5, 5.41) is 2.17. The Hall–Kier alpha value is 0.170. The number of thiophene rings is 2. The van der Waals surface area contributed by atoms with Gasteiger partial charge in [0, 0.05) is 9.75 Å². The second-order valence-electron chi connectivity index (χ2n) is 3.49. The molecule has 0 bridgehead atoms. The first-order valence-corrected chi connectivity index (χ1v) is 7.52. The maximum atomic E-state index is 6.07. The second kappa shape index (κ2) is 4.58. The summed E-state index contributed by atoms with van der Waals surface area (Å²) in [5.74, 6) is 0. The minimum Gasteiger partial charge on any atom is -0.147 e. The predicted octanol–water partition coefficient (Wildman–Crippen LogP) is 5.56. The van der Waals surface area contributed by atoms with E-state index in [1.165, 1.54) is 15.3 Å². The highest BCUT2D eigenvalue weighted by Crippen LogP contribution is 2.40. The van der Waals surface area contributed by atoms with Gasteiger partial charge in [0.25, 0.3) is 0 Å². The lowest BCUT2D eigenvalue weighted by atomic mass is 10.2. The Bertz CT molecular complexity index is 453. The number of halogens is 2. The van der Waals surface area contributed by atoms with Crippen LogP contribution in [0, 0.1) is 13.8 Å². The largest absolute Gasteiger partial charge is 0.147 e. The van der Waals surface area contributed by atoms with Crippen molar-refractivity contribution in [2.24, 2.45) is 0 Å². The van der Waals surface area contributed by atoms with Crippen LogP contribution < -0.4 is 0 Å². The van der Waals surface area contributed by atoms with Crippen LogP contribution in [-0.4, -0.2) is 0 Å². The Morgan fingerprint density at radius 3 is 2.47 bits per heavy atom. The van der Waals surface area contributed by atoms with E-state index in [4.69, 9.17) is 11.6 Å². The van der Waals surface area contributed by atoms with Crippen molar-refractivity contribution in [3.05, 3.63) is 42.7 Å². The zero-order chi connectivity index (χ0) is 11.0. The molecule has 0 aliphatic carbocycles. The zero-order valence-corrected chi connectivity index (χ0v) is 12.4. The Labute approximate surface area is 111 Å². The fourth-order valence-electron chi connectivity index (χ4n) is 1.33. The van der Waals surface area contributed by atoms with Crippen molar-refractivity contribution < 1.29 is 0 Å². The third kappa shape index (κ3) is 2.47. The number of hydrogen-bond acceptors (Lipinski definition) is 2. The van der Waals surface area contributed by atoms with Crippen LogP contribution in [0.3, 0.4) is 0 Å². The molecule has 0 saturated carbocycles. The molecule has 1 atom stereocenters. The minimum absolute atomic E-state index is 0.285. The average Bonchev–Trinajstić information content (AvgIpc) is 2.74. The molecule has 0 amide bonds. The normalized spacial score (nSPS) is 13.1. The van der Waals surface area contributed by atoms with Crippen molar-refractivity contribution in [1.29, 1.82) is 0 Å². The Balaban J connectivity index is 2.31. The quantitative estimate of drug-likeness (QED) is 0.635. The molecule has 0 aliphatic heterocycles. The van der Waals surface area contributed by atoms with Gasteiger partial charge in [-0.2, -0.15) is 0 Å². The van der Waals surface area contributed by atoms with E-state index < -0.39 is 0 Å². The van der Waals surface area contributed by atoms with Gasteiger partial charge in [0.15, 0.2) is 0 Å². The van der Waals surface area contributed by atoms with Crippen LogP contribution in [0.15, 0.2) is 17.5 Å². The fraction of sp³-hybridized carbons (Fsp3) is 0.273. The van der Waals surface area contributed by atoms with Crippen LogP contribution in [0.5, 0.6) is 0 Å². The van der Waals surface area contributed by atoms with E-state index in [-0.39, 0.29) is 4.83 Å². The molecular formula is C11H10BrClS2. The van der Waals surface area contributed by atoms with Crippen LogP contribution in [-0.2, 0) is 0 Å². The molecular weight excluding hydrogens is 312 g/mol. The van der Waals surface area contributed by atoms with E-state index in [0.29, 0.717) is 0 Å². The lowest BCUT2D eigenvalue weighted by Crippen LogP contribution is -1.83. The van der Waals surface area contributed by atoms with Crippen molar-refractivity contribution in [2.75, 3.05) is 0 Å². The number of aryl methyl sites for hydroxylation is 2. The summed E-state index contributed by atoms with van der Waals surface area (Å²) < 4.78 is 0.891. The first-order valence-electron chi connectivity index (χ1n) is 4.53. The van der Waals surface area contributed by atoms with Gasteiger partial charge in [-0.15, -0.1) is 22.7 Å². The van der Waals surface area contributed by atoms with Crippen LogP contribution in [0.25, 0.3) is 0 Å². The number of rotatable bonds is 2. The van der Waals surface area contributed by atoms with Gasteiger partial charge in [-0.05, 0) is 42.5 Å². The van der Waals surface area contributed by atoms with E-state index in [1.54, 1.807) is 22.7 Å². The van der Waals surface area contributed by atoms with Crippen molar-refractivity contribution in [1.82, 2.24) is 0 Å². The molecule has 0 spiro atoms. The maximum Gasteiger partial charge on any atom is 0.0960 e. The summed E-state index contributed by atoms with van der Waals surface area (Å²) in [5.41, 5.74) is 2.48. The lowest BCUT2D eigenvalue weighted by Gasteiger charge is -2.03. The molecule has 0 fully saturated rings. The van der Waals surface area contributed by atoms with Gasteiger partial charge >= 0.3 is 0 Å². The van der Waals surface area contributed by atoms with Crippen molar-refractivity contribution in [3.8, 4) is 0 Å². The van der Waals surface area contributed by atoms with Gasteiger partial charge in [0.2, 0.25) is 0 Å². The van der Waals surface area contributed by atoms with Gasteiger partial charge in [-0.25, -0.2) is 0 Å². The molecule has 0 aliphatic rings. The number of alkyl halides is 1. The zero-order valence-electron chi connectivity index (χ0n) is 8.38. The highest BCUT2D eigenvalue weighted by molar-refractivity contribution is 9.09. The molecule has 15 heavy (non-hydrogen) atoms. The topological polar surface area (TPSA) is 0 Å². The van der Waals surface area contributed by atoms with Crippen LogP contribution in [0.4, 0.5) is 0 Å². The SMILES string of the molecule is Cc1csc(C(Br)c2cc(C)c(Cl)s2)c1. The first kappa shape index (κ1) is 11.6. The summed E-state index contributed by atoms with van der Waals surface area (Å²) in [6.07, 6.45) is 0. The van der Waals surface area contributed by atoms with Crippen LogP contribution >= 0.6 is 50.2 Å². The molecule has 1 unspecified atom stereocenters. The molecule has 2 rings (SSSR count). The standard InChI is InChI=1S/C11H10BrClS2/c1-6-3-8(14-5-6)10(12)9-4-7(2)11(13)15-9/h3-5,10H,1-2H3. The third-order valence-corrected chi connectivity index (χ3v) is 6.45. The van der Waals surface area contributed by atoms with E-state index in [1.807, 2.05) is 6.92 Å². The summed E-state index contributed by atoms with van der Waals surface area (Å²) in [7, 11) is 0. The summed E-state index contributed by atoms with van der Waals surface area (Å²) >= 11 is 13.2. The molecule has 0 N–H and O–H groups in total. The van der Waals surface area contributed by atoms with E-state index in [2.05, 4.69) is 40.4 Å². The smallest absolute Gasteiger partial charge is 0.0960 e. The minimum atomic E-state index is 0.285. The summed E-state index contributed by atoms with van der Waals surface area (Å²) in [6, 6.07) is 4.37. The van der Waals surface area contributed by atoms with E-state index >= 15 is 0 Å². The molecule has 0 saturated heterocycles. The van der Waals surface area contributed by atoms with Crippen molar-refractivity contribution in [3.63, 3.8) is 0 Å². The van der Waals surface area contributed by atoms with Crippen LogP contribution in [0.1, 0.15) is 25.7 Å². The highest BCUT2D eigenvalue weighted by atomic mass is 79.9. The Morgan fingerprint density at radius 2 is 2.00 bits per heavy atom. The molecule has 0 aromatic carbocycles. The fourth-order valence-corrected chi connectivity index (χ4v) is 4.38. The van der Waals surface area contributed by atoms with Gasteiger partial charge in [-0.3, -0.25) is 0 Å². The Kier molecular flexibility index (Phi) is 3.56. The Morgan fingerprint density at radius 1 is 1.27 bits per heavy atom.